The van der Waals surface area contributed by atoms with Gasteiger partial charge in [0.1, 0.15) is 0 Å². The van der Waals surface area contributed by atoms with Gasteiger partial charge in [-0.2, -0.15) is 0 Å². The molecule has 0 aliphatic carbocycles. The minimum absolute atomic E-state index is 0.230. The molecule has 0 spiro atoms. The highest BCUT2D eigenvalue weighted by molar-refractivity contribution is 7.91. The monoisotopic (exact) mass is 353 g/mol. The highest BCUT2D eigenvalue weighted by Crippen LogP contribution is 2.19. The van der Waals surface area contributed by atoms with E-state index in [-0.39, 0.29) is 12.4 Å². The normalized spacial score (nSPS) is 11.0. The van der Waals surface area contributed by atoms with E-state index in [2.05, 4.69) is 4.72 Å². The van der Waals surface area contributed by atoms with Gasteiger partial charge in [-0.25, -0.2) is 13.2 Å². The predicted molar refractivity (Wildman–Crippen MR) is 90.1 cm³/mol. The quantitative estimate of drug-likeness (QED) is 0.807. The number of carbonyl (C=O) groups is 1. The first kappa shape index (κ1) is 17.3. The molecule has 0 aromatic heterocycles. The van der Waals surface area contributed by atoms with Crippen LogP contribution in [0.1, 0.15) is 22.8 Å². The first-order chi connectivity index (χ1) is 10.9. The maximum Gasteiger partial charge on any atom is 0.338 e. The zero-order valence-electron chi connectivity index (χ0n) is 12.5. The van der Waals surface area contributed by atoms with E-state index in [1.54, 1.807) is 31.2 Å². The summed E-state index contributed by atoms with van der Waals surface area (Å²) in [5.41, 5.74) is 1.25. The Balaban J connectivity index is 2.09. The van der Waals surface area contributed by atoms with Crippen molar-refractivity contribution in [3.05, 3.63) is 64.7 Å². The molecule has 0 radical (unpaired) electrons. The summed E-state index contributed by atoms with van der Waals surface area (Å²) in [5.74, 6) is -0.676. The molecule has 0 atom stereocenters. The maximum absolute atomic E-state index is 12.2. The van der Waals surface area contributed by atoms with Crippen molar-refractivity contribution >= 4 is 33.3 Å². The van der Waals surface area contributed by atoms with Crippen LogP contribution in [0.3, 0.4) is 0 Å². The average molecular weight is 354 g/mol. The number of benzene rings is 2. The number of esters is 1. The number of halogens is 1. The largest absolute Gasteiger partial charge is 0.462 e. The molecule has 0 amide bonds. The minimum atomic E-state index is -3.60. The second-order valence-corrected chi connectivity index (χ2v) is 6.88. The molecule has 2 aromatic carbocycles. The molecule has 2 rings (SSSR count). The molecule has 23 heavy (non-hydrogen) atoms. The molecule has 7 heteroatoms. The van der Waals surface area contributed by atoms with E-state index in [9.17, 15) is 13.2 Å². The van der Waals surface area contributed by atoms with Gasteiger partial charge < -0.3 is 4.74 Å². The van der Waals surface area contributed by atoms with Crippen LogP contribution in [-0.2, 0) is 20.5 Å². The lowest BCUT2D eigenvalue weighted by Crippen LogP contribution is -2.15. The van der Waals surface area contributed by atoms with Crippen LogP contribution >= 0.6 is 11.6 Å². The van der Waals surface area contributed by atoms with E-state index in [1.165, 1.54) is 24.3 Å². The van der Waals surface area contributed by atoms with E-state index >= 15 is 0 Å². The number of ether oxygens (including phenoxy) is 1. The van der Waals surface area contributed by atoms with E-state index in [4.69, 9.17) is 16.3 Å². The topological polar surface area (TPSA) is 72.5 Å². The van der Waals surface area contributed by atoms with Crippen molar-refractivity contribution in [2.75, 3.05) is 11.3 Å². The van der Waals surface area contributed by atoms with Gasteiger partial charge >= 0.3 is 5.97 Å². The number of rotatable bonds is 6. The Labute approximate surface area is 140 Å². The molecule has 2 aromatic rings. The Hall–Kier alpha value is -2.05. The summed E-state index contributed by atoms with van der Waals surface area (Å²) >= 11 is 5.97. The fraction of sp³-hybridized carbons (Fsp3) is 0.188. The highest BCUT2D eigenvalue weighted by atomic mass is 35.5. The van der Waals surface area contributed by atoms with Gasteiger partial charge in [-0.15, -0.1) is 0 Å². The van der Waals surface area contributed by atoms with Crippen molar-refractivity contribution in [1.82, 2.24) is 0 Å². The van der Waals surface area contributed by atoms with Crippen LogP contribution in [0.4, 0.5) is 5.69 Å². The number of anilines is 1. The van der Waals surface area contributed by atoms with Gasteiger partial charge in [-0.3, -0.25) is 4.72 Å². The second kappa shape index (κ2) is 7.48. The van der Waals surface area contributed by atoms with Gasteiger partial charge in [-0.05, 0) is 42.8 Å². The summed E-state index contributed by atoms with van der Waals surface area (Å²) in [6, 6.07) is 12.8. The molecule has 0 saturated heterocycles. The van der Waals surface area contributed by atoms with Crippen molar-refractivity contribution in [3.63, 3.8) is 0 Å². The number of carbonyl (C=O) groups excluding carboxylic acids is 1. The van der Waals surface area contributed by atoms with Gasteiger partial charge in [0.15, 0.2) is 0 Å². The molecule has 0 fully saturated rings. The first-order valence-corrected chi connectivity index (χ1v) is 8.95. The van der Waals surface area contributed by atoms with Crippen LogP contribution in [0.5, 0.6) is 0 Å². The van der Waals surface area contributed by atoms with Gasteiger partial charge in [0.2, 0.25) is 10.0 Å². The number of hydrogen-bond donors (Lipinski definition) is 1. The predicted octanol–water partition coefficient (Wildman–Crippen LogP) is 3.46. The minimum Gasteiger partial charge on any atom is -0.462 e. The van der Waals surface area contributed by atoms with Crippen LogP contribution in [0.25, 0.3) is 0 Å². The molecule has 5 nitrogen and oxygen atoms in total. The highest BCUT2D eigenvalue weighted by Gasteiger charge is 2.14. The van der Waals surface area contributed by atoms with Crippen molar-refractivity contribution in [2.24, 2.45) is 0 Å². The van der Waals surface area contributed by atoms with Crippen LogP contribution in [0, 0.1) is 0 Å². The Morgan fingerprint density at radius 3 is 2.39 bits per heavy atom. The summed E-state index contributed by atoms with van der Waals surface area (Å²) in [6.07, 6.45) is 0. The Morgan fingerprint density at radius 2 is 1.78 bits per heavy atom. The van der Waals surface area contributed by atoms with Crippen LogP contribution in [0.15, 0.2) is 48.5 Å². The molecule has 0 heterocycles. The summed E-state index contributed by atoms with van der Waals surface area (Å²) in [5, 5.41) is 0.399. The average Bonchev–Trinajstić information content (AvgIpc) is 2.50. The number of sulfonamides is 1. The van der Waals surface area contributed by atoms with Crippen molar-refractivity contribution in [2.45, 2.75) is 12.7 Å². The van der Waals surface area contributed by atoms with E-state index < -0.39 is 16.0 Å². The van der Waals surface area contributed by atoms with Gasteiger partial charge in [0, 0.05) is 10.7 Å². The standard InChI is InChI=1S/C16H16ClNO4S/c1-2-22-16(19)12-7-9-14(10-8-12)18-23(20,21)11-13-5-3-4-6-15(13)17/h3-10,18H,2,11H2,1H3. The zero-order valence-corrected chi connectivity index (χ0v) is 14.0. The SMILES string of the molecule is CCOC(=O)c1ccc(NS(=O)(=O)Cc2ccccc2Cl)cc1. The van der Waals surface area contributed by atoms with Gasteiger partial charge in [0.25, 0.3) is 0 Å². The molecular formula is C16H16ClNO4S. The second-order valence-electron chi connectivity index (χ2n) is 4.75. The van der Waals surface area contributed by atoms with Crippen LogP contribution in [-0.4, -0.2) is 21.0 Å². The van der Waals surface area contributed by atoms with E-state index in [1.807, 2.05) is 0 Å². The smallest absolute Gasteiger partial charge is 0.338 e. The van der Waals surface area contributed by atoms with E-state index in [0.29, 0.717) is 21.8 Å². The van der Waals surface area contributed by atoms with Crippen LogP contribution < -0.4 is 4.72 Å². The lowest BCUT2D eigenvalue weighted by Gasteiger charge is -2.09. The lowest BCUT2D eigenvalue weighted by atomic mass is 10.2. The van der Waals surface area contributed by atoms with Crippen molar-refractivity contribution in [1.29, 1.82) is 0 Å². The maximum atomic E-state index is 12.2. The molecule has 0 unspecified atom stereocenters. The van der Waals surface area contributed by atoms with Gasteiger partial charge in [-0.1, -0.05) is 29.8 Å². The summed E-state index contributed by atoms with van der Waals surface area (Å²) in [4.78, 5) is 11.5. The molecular weight excluding hydrogens is 338 g/mol. The Bertz CT molecular complexity index is 788. The van der Waals surface area contributed by atoms with E-state index in [0.717, 1.165) is 0 Å². The Morgan fingerprint density at radius 1 is 1.13 bits per heavy atom. The fourth-order valence-corrected chi connectivity index (χ4v) is 3.43. The fourth-order valence-electron chi connectivity index (χ4n) is 1.92. The third-order valence-corrected chi connectivity index (χ3v) is 4.58. The molecule has 0 aliphatic rings. The van der Waals surface area contributed by atoms with Gasteiger partial charge in [0.05, 0.1) is 17.9 Å². The first-order valence-electron chi connectivity index (χ1n) is 6.92. The molecule has 0 bridgehead atoms. The van der Waals surface area contributed by atoms with Crippen LogP contribution in [0.2, 0.25) is 5.02 Å². The zero-order chi connectivity index (χ0) is 16.9. The molecule has 0 saturated carbocycles. The third-order valence-electron chi connectivity index (χ3n) is 2.97. The Kier molecular flexibility index (Phi) is 5.63. The summed E-state index contributed by atoms with van der Waals surface area (Å²) in [6.45, 7) is 2.00. The number of hydrogen-bond acceptors (Lipinski definition) is 4. The molecule has 1 N–H and O–H groups in total. The lowest BCUT2D eigenvalue weighted by molar-refractivity contribution is 0.0526. The third kappa shape index (κ3) is 4.97. The number of nitrogens with one attached hydrogen (secondary N) is 1. The molecule has 122 valence electrons. The van der Waals surface area contributed by atoms with Crippen molar-refractivity contribution < 1.29 is 17.9 Å². The molecule has 0 aliphatic heterocycles. The summed E-state index contributed by atoms with van der Waals surface area (Å²) in [7, 11) is -3.60. The summed E-state index contributed by atoms with van der Waals surface area (Å²) < 4.78 is 31.7. The van der Waals surface area contributed by atoms with Crippen molar-refractivity contribution in [3.8, 4) is 0 Å².